The lowest BCUT2D eigenvalue weighted by molar-refractivity contribution is -0.128. The molecule has 0 radical (unpaired) electrons. The fourth-order valence-electron chi connectivity index (χ4n) is 2.64. The number of nitrogens with zero attached hydrogens (tertiary/aromatic N) is 2. The predicted molar refractivity (Wildman–Crippen MR) is 113 cm³/mol. The molecule has 1 aliphatic rings. The summed E-state index contributed by atoms with van der Waals surface area (Å²) in [6.45, 7) is 2.05. The van der Waals surface area contributed by atoms with Gasteiger partial charge in [-0.25, -0.2) is 9.79 Å². The number of carbonyl (C=O) groups is 3. The number of ether oxygens (including phenoxy) is 1. The Bertz CT molecular complexity index is 929. The van der Waals surface area contributed by atoms with Crippen molar-refractivity contribution in [2.75, 3.05) is 19.0 Å². The number of nitrogens with one attached hydrogen (secondary N) is 1. The Morgan fingerprint density at radius 2 is 1.86 bits per heavy atom. The van der Waals surface area contributed by atoms with Crippen LogP contribution in [0.3, 0.4) is 0 Å². The normalized spacial score (nSPS) is 17.9. The maximum absolute atomic E-state index is 12.6. The molecule has 0 aliphatic carbocycles. The van der Waals surface area contributed by atoms with Gasteiger partial charge in [0.1, 0.15) is 5.25 Å². The summed E-state index contributed by atoms with van der Waals surface area (Å²) in [4.78, 5) is 42.6. The van der Waals surface area contributed by atoms with Crippen LogP contribution in [0.5, 0.6) is 0 Å². The number of benzene rings is 2. The number of amides is 2. The van der Waals surface area contributed by atoms with E-state index in [1.165, 1.54) is 16.7 Å². The highest BCUT2D eigenvalue weighted by Gasteiger charge is 2.34. The van der Waals surface area contributed by atoms with Crippen molar-refractivity contribution in [1.29, 1.82) is 0 Å². The summed E-state index contributed by atoms with van der Waals surface area (Å²) >= 11 is 1.24. The van der Waals surface area contributed by atoms with E-state index < -0.39 is 11.2 Å². The van der Waals surface area contributed by atoms with Crippen LogP contribution in [-0.4, -0.2) is 46.8 Å². The van der Waals surface area contributed by atoms with Gasteiger partial charge in [-0.2, -0.15) is 0 Å². The van der Waals surface area contributed by atoms with Crippen LogP contribution in [0.15, 0.2) is 59.6 Å². The lowest BCUT2D eigenvalue weighted by Gasteiger charge is -2.28. The molecule has 1 aliphatic heterocycles. The molecule has 0 aromatic heterocycles. The SMILES string of the molecule is CCOC(=O)c1ccc(N=C2S[C@@H](C(=O)Nc3ccccc3)CC(=O)N2C)cc1. The summed E-state index contributed by atoms with van der Waals surface area (Å²) in [5.41, 5.74) is 1.68. The van der Waals surface area contributed by atoms with Crippen molar-refractivity contribution >= 4 is 46.1 Å². The molecule has 1 atom stereocenters. The number of thioether (sulfide) groups is 1. The Balaban J connectivity index is 1.74. The number of esters is 1. The molecule has 2 aromatic rings. The largest absolute Gasteiger partial charge is 0.462 e. The zero-order chi connectivity index (χ0) is 20.8. The second-order valence-corrected chi connectivity index (χ2v) is 7.45. The standard InChI is InChI=1S/C21H21N3O4S/c1-3-28-20(27)14-9-11-16(12-10-14)23-21-24(2)18(25)13-17(29-21)19(26)22-15-7-5-4-6-8-15/h4-12,17H,3,13H2,1-2H3,(H,22,26)/t17-/m1/s1. The Kier molecular flexibility index (Phi) is 6.66. The van der Waals surface area contributed by atoms with Gasteiger partial charge in [-0.3, -0.25) is 14.5 Å². The van der Waals surface area contributed by atoms with E-state index in [2.05, 4.69) is 10.3 Å². The first-order chi connectivity index (χ1) is 14.0. The van der Waals surface area contributed by atoms with Gasteiger partial charge in [0.25, 0.3) is 0 Å². The van der Waals surface area contributed by atoms with Crippen molar-refractivity contribution in [3.05, 3.63) is 60.2 Å². The van der Waals surface area contributed by atoms with Gasteiger partial charge in [0.05, 0.1) is 17.9 Å². The summed E-state index contributed by atoms with van der Waals surface area (Å²) in [5.74, 6) is -0.824. The first-order valence-electron chi connectivity index (χ1n) is 9.13. The Labute approximate surface area is 173 Å². The highest BCUT2D eigenvalue weighted by molar-refractivity contribution is 8.15. The third-order valence-corrected chi connectivity index (χ3v) is 5.45. The molecule has 1 fully saturated rings. The molecule has 1 heterocycles. The molecular formula is C21H21N3O4S. The fourth-order valence-corrected chi connectivity index (χ4v) is 3.70. The van der Waals surface area contributed by atoms with E-state index in [9.17, 15) is 14.4 Å². The van der Waals surface area contributed by atoms with Gasteiger partial charge in [0.15, 0.2) is 5.17 Å². The van der Waals surface area contributed by atoms with E-state index in [0.717, 1.165) is 0 Å². The summed E-state index contributed by atoms with van der Waals surface area (Å²) in [6, 6.07) is 15.7. The molecule has 1 saturated heterocycles. The quantitative estimate of drug-likeness (QED) is 0.762. The number of aliphatic imine (C=N–C) groups is 1. The van der Waals surface area contributed by atoms with Crippen LogP contribution in [0.2, 0.25) is 0 Å². The lowest BCUT2D eigenvalue weighted by atomic mass is 10.2. The van der Waals surface area contributed by atoms with Crippen molar-refractivity contribution < 1.29 is 19.1 Å². The second kappa shape index (κ2) is 9.38. The number of carbonyl (C=O) groups excluding carboxylic acids is 3. The smallest absolute Gasteiger partial charge is 0.338 e. The molecule has 29 heavy (non-hydrogen) atoms. The van der Waals surface area contributed by atoms with Crippen molar-refractivity contribution in [1.82, 2.24) is 4.90 Å². The Hall–Kier alpha value is -3.13. The maximum atomic E-state index is 12.6. The van der Waals surface area contributed by atoms with Crippen LogP contribution in [0, 0.1) is 0 Å². The molecule has 0 bridgehead atoms. The van der Waals surface area contributed by atoms with Gasteiger partial charge in [0, 0.05) is 19.2 Å². The molecule has 0 unspecified atom stereocenters. The van der Waals surface area contributed by atoms with E-state index in [1.54, 1.807) is 50.4 Å². The van der Waals surface area contributed by atoms with Gasteiger partial charge >= 0.3 is 5.97 Å². The van der Waals surface area contributed by atoms with E-state index in [-0.39, 0.29) is 18.2 Å². The number of para-hydroxylation sites is 1. The molecule has 2 aromatic carbocycles. The molecule has 7 nitrogen and oxygen atoms in total. The molecule has 1 N–H and O–H groups in total. The Morgan fingerprint density at radius 1 is 1.17 bits per heavy atom. The summed E-state index contributed by atoms with van der Waals surface area (Å²) in [6.07, 6.45) is 0.0979. The minimum atomic E-state index is -0.573. The molecule has 150 valence electrons. The summed E-state index contributed by atoms with van der Waals surface area (Å²) < 4.78 is 4.96. The Morgan fingerprint density at radius 3 is 2.52 bits per heavy atom. The third kappa shape index (κ3) is 5.23. The second-order valence-electron chi connectivity index (χ2n) is 6.28. The number of amidine groups is 1. The van der Waals surface area contributed by atoms with E-state index >= 15 is 0 Å². The number of hydrogen-bond acceptors (Lipinski definition) is 6. The van der Waals surface area contributed by atoms with Gasteiger partial charge in [-0.15, -0.1) is 0 Å². The van der Waals surface area contributed by atoms with Gasteiger partial charge in [-0.1, -0.05) is 30.0 Å². The fraction of sp³-hybridized carbons (Fsp3) is 0.238. The average molecular weight is 411 g/mol. The van der Waals surface area contributed by atoms with Gasteiger partial charge in [0.2, 0.25) is 11.8 Å². The minimum Gasteiger partial charge on any atom is -0.462 e. The van der Waals surface area contributed by atoms with Crippen molar-refractivity contribution in [2.24, 2.45) is 4.99 Å². The molecule has 0 saturated carbocycles. The third-order valence-electron chi connectivity index (χ3n) is 4.21. The van der Waals surface area contributed by atoms with E-state index in [1.807, 2.05) is 18.2 Å². The molecule has 8 heteroatoms. The van der Waals surface area contributed by atoms with Crippen molar-refractivity contribution in [2.45, 2.75) is 18.6 Å². The van der Waals surface area contributed by atoms with Gasteiger partial charge in [-0.05, 0) is 43.3 Å². The molecule has 0 spiro atoms. The van der Waals surface area contributed by atoms with E-state index in [4.69, 9.17) is 4.74 Å². The summed E-state index contributed by atoms with van der Waals surface area (Å²) in [7, 11) is 1.63. The number of hydrogen-bond donors (Lipinski definition) is 1. The van der Waals surface area contributed by atoms with Crippen LogP contribution in [0.25, 0.3) is 0 Å². The van der Waals surface area contributed by atoms with Crippen LogP contribution >= 0.6 is 11.8 Å². The van der Waals surface area contributed by atoms with Crippen LogP contribution in [0.4, 0.5) is 11.4 Å². The van der Waals surface area contributed by atoms with E-state index in [0.29, 0.717) is 28.7 Å². The maximum Gasteiger partial charge on any atom is 0.338 e. The molecular weight excluding hydrogens is 390 g/mol. The van der Waals surface area contributed by atoms with Crippen molar-refractivity contribution in [3.63, 3.8) is 0 Å². The highest BCUT2D eigenvalue weighted by atomic mass is 32.2. The zero-order valence-corrected chi connectivity index (χ0v) is 16.9. The average Bonchev–Trinajstić information content (AvgIpc) is 2.72. The predicted octanol–water partition coefficient (Wildman–Crippen LogP) is 3.45. The molecule has 2 amide bonds. The van der Waals surface area contributed by atoms with Gasteiger partial charge < -0.3 is 10.1 Å². The van der Waals surface area contributed by atoms with Crippen LogP contribution in [0.1, 0.15) is 23.7 Å². The summed E-state index contributed by atoms with van der Waals surface area (Å²) in [5, 5.41) is 2.68. The number of rotatable bonds is 5. The minimum absolute atomic E-state index is 0.0979. The van der Waals surface area contributed by atoms with Crippen LogP contribution < -0.4 is 5.32 Å². The number of anilines is 1. The zero-order valence-electron chi connectivity index (χ0n) is 16.1. The van der Waals surface area contributed by atoms with Crippen molar-refractivity contribution in [3.8, 4) is 0 Å². The molecule has 3 rings (SSSR count). The van der Waals surface area contributed by atoms with Crippen LogP contribution in [-0.2, 0) is 14.3 Å². The first kappa shape index (κ1) is 20.6. The lowest BCUT2D eigenvalue weighted by Crippen LogP contribution is -2.43. The topological polar surface area (TPSA) is 88.1 Å². The monoisotopic (exact) mass is 411 g/mol. The first-order valence-corrected chi connectivity index (χ1v) is 10.0. The highest BCUT2D eigenvalue weighted by Crippen LogP contribution is 2.29.